The summed E-state index contributed by atoms with van der Waals surface area (Å²) < 4.78 is 6.55. The number of carbonyl (C=O) groups excluding carboxylic acids is 1. The second-order valence-corrected chi connectivity index (χ2v) is 6.97. The van der Waals surface area contributed by atoms with Crippen LogP contribution in [0, 0.1) is 13.8 Å². The molecule has 0 aliphatic carbocycles. The summed E-state index contributed by atoms with van der Waals surface area (Å²) >= 11 is 1.47. The summed E-state index contributed by atoms with van der Waals surface area (Å²) in [5.74, 6) is 1.00. The molecule has 2 aromatic heterocycles. The third-order valence-corrected chi connectivity index (χ3v) is 5.19. The minimum absolute atomic E-state index is 0.0898. The van der Waals surface area contributed by atoms with Crippen LogP contribution >= 0.6 is 11.3 Å². The molecule has 1 aromatic carbocycles. The van der Waals surface area contributed by atoms with Crippen molar-refractivity contribution in [1.29, 1.82) is 0 Å². The third-order valence-electron chi connectivity index (χ3n) is 3.91. The maximum absolute atomic E-state index is 12.5. The monoisotopic (exact) mass is 329 g/mol. The molecule has 5 heteroatoms. The molecule has 3 aromatic rings. The van der Waals surface area contributed by atoms with E-state index < -0.39 is 5.60 Å². The molecule has 4 nitrogen and oxygen atoms in total. The smallest absolute Gasteiger partial charge is 0.261 e. The van der Waals surface area contributed by atoms with Crippen LogP contribution in [0.2, 0.25) is 0 Å². The molecule has 0 aliphatic heterocycles. The molecule has 1 amide bonds. The van der Waals surface area contributed by atoms with Gasteiger partial charge in [-0.2, -0.15) is 0 Å². The summed E-state index contributed by atoms with van der Waals surface area (Å²) in [5, 5.41) is 14.4. The van der Waals surface area contributed by atoms with E-state index in [9.17, 15) is 9.90 Å². The number of fused-ring (bicyclic) bond motifs is 1. The molecular formula is C18H19NO3S. The Morgan fingerprint density at radius 3 is 2.65 bits per heavy atom. The normalized spacial score (nSPS) is 13.9. The first-order chi connectivity index (χ1) is 10.9. The number of rotatable bonds is 4. The highest BCUT2D eigenvalue weighted by molar-refractivity contribution is 7.21. The lowest BCUT2D eigenvalue weighted by molar-refractivity contribution is 0.0324. The summed E-state index contributed by atoms with van der Waals surface area (Å²) in [7, 11) is 0. The van der Waals surface area contributed by atoms with E-state index >= 15 is 0 Å². The van der Waals surface area contributed by atoms with E-state index in [-0.39, 0.29) is 12.5 Å². The van der Waals surface area contributed by atoms with Gasteiger partial charge in [0.05, 0.1) is 11.4 Å². The van der Waals surface area contributed by atoms with Crippen LogP contribution in [0.3, 0.4) is 0 Å². The van der Waals surface area contributed by atoms with Gasteiger partial charge in [-0.15, -0.1) is 11.3 Å². The van der Waals surface area contributed by atoms with Gasteiger partial charge in [0, 0.05) is 4.70 Å². The average molecular weight is 329 g/mol. The van der Waals surface area contributed by atoms with Crippen LogP contribution in [0.5, 0.6) is 0 Å². The number of hydrogen-bond acceptors (Lipinski definition) is 4. The van der Waals surface area contributed by atoms with Crippen LogP contribution in [0.25, 0.3) is 10.1 Å². The van der Waals surface area contributed by atoms with Crippen molar-refractivity contribution in [2.75, 3.05) is 6.54 Å². The Labute approximate surface area is 138 Å². The van der Waals surface area contributed by atoms with Crippen molar-refractivity contribution >= 4 is 27.3 Å². The molecule has 0 saturated carbocycles. The highest BCUT2D eigenvalue weighted by atomic mass is 32.1. The molecule has 120 valence electrons. The number of nitrogens with one attached hydrogen (secondary N) is 1. The molecule has 2 N–H and O–H groups in total. The van der Waals surface area contributed by atoms with Gasteiger partial charge in [-0.3, -0.25) is 4.79 Å². The number of furan rings is 1. The average Bonchev–Trinajstić information content (AvgIpc) is 3.10. The zero-order valence-corrected chi connectivity index (χ0v) is 14.2. The van der Waals surface area contributed by atoms with Crippen molar-refractivity contribution in [1.82, 2.24) is 5.32 Å². The van der Waals surface area contributed by atoms with Crippen molar-refractivity contribution in [3.63, 3.8) is 0 Å². The standard InChI is InChI=1S/C18H19NO3S/c1-11-8-9-15(22-11)18(3,21)10-19-17(20)16-12(2)13-6-4-5-7-14(13)23-16/h4-9,21H,10H2,1-3H3,(H,19,20). The Kier molecular flexibility index (Phi) is 4.00. The maximum Gasteiger partial charge on any atom is 0.261 e. The van der Waals surface area contributed by atoms with Gasteiger partial charge in [-0.25, -0.2) is 0 Å². The van der Waals surface area contributed by atoms with E-state index in [2.05, 4.69) is 5.32 Å². The molecule has 1 atom stereocenters. The van der Waals surface area contributed by atoms with Gasteiger partial charge in [-0.05, 0) is 49.9 Å². The SMILES string of the molecule is Cc1ccc(C(C)(O)CNC(=O)c2sc3ccccc3c2C)o1. The molecule has 0 aliphatic rings. The molecule has 3 rings (SSSR count). The molecule has 0 fully saturated rings. The van der Waals surface area contributed by atoms with Crippen LogP contribution in [-0.4, -0.2) is 17.6 Å². The molecule has 0 saturated heterocycles. The highest BCUT2D eigenvalue weighted by Crippen LogP contribution is 2.30. The molecule has 2 heterocycles. The van der Waals surface area contributed by atoms with Gasteiger partial charge in [0.2, 0.25) is 0 Å². The van der Waals surface area contributed by atoms with Crippen LogP contribution in [0.4, 0.5) is 0 Å². The molecule has 1 unspecified atom stereocenters. The molecular weight excluding hydrogens is 310 g/mol. The molecule has 0 spiro atoms. The van der Waals surface area contributed by atoms with Gasteiger partial charge < -0.3 is 14.8 Å². The van der Waals surface area contributed by atoms with E-state index in [1.165, 1.54) is 11.3 Å². The number of amides is 1. The number of thiophene rings is 1. The fourth-order valence-electron chi connectivity index (χ4n) is 2.53. The van der Waals surface area contributed by atoms with Gasteiger partial charge >= 0.3 is 0 Å². The number of carbonyl (C=O) groups is 1. The van der Waals surface area contributed by atoms with E-state index in [0.29, 0.717) is 10.6 Å². The van der Waals surface area contributed by atoms with E-state index in [4.69, 9.17) is 4.42 Å². The first kappa shape index (κ1) is 15.8. The Morgan fingerprint density at radius 2 is 2.00 bits per heavy atom. The zero-order valence-electron chi connectivity index (χ0n) is 13.3. The fourth-order valence-corrected chi connectivity index (χ4v) is 3.66. The Bertz CT molecular complexity index is 860. The van der Waals surface area contributed by atoms with Crippen LogP contribution < -0.4 is 5.32 Å². The predicted octanol–water partition coefficient (Wildman–Crippen LogP) is 3.75. The van der Waals surface area contributed by atoms with E-state index in [1.807, 2.05) is 38.1 Å². The van der Waals surface area contributed by atoms with Crippen LogP contribution in [0.15, 0.2) is 40.8 Å². The van der Waals surface area contributed by atoms with Crippen molar-refractivity contribution < 1.29 is 14.3 Å². The van der Waals surface area contributed by atoms with Gasteiger partial charge in [0.25, 0.3) is 5.91 Å². The second kappa shape index (κ2) is 5.83. The topological polar surface area (TPSA) is 62.5 Å². The Balaban J connectivity index is 1.77. The maximum atomic E-state index is 12.5. The number of benzene rings is 1. The first-order valence-electron chi connectivity index (χ1n) is 7.44. The third kappa shape index (κ3) is 3.02. The zero-order chi connectivity index (χ0) is 16.6. The number of hydrogen-bond donors (Lipinski definition) is 2. The molecule has 0 radical (unpaired) electrons. The second-order valence-electron chi connectivity index (χ2n) is 5.92. The number of aliphatic hydroxyl groups is 1. The van der Waals surface area contributed by atoms with Gasteiger partial charge in [-0.1, -0.05) is 18.2 Å². The largest absolute Gasteiger partial charge is 0.463 e. The molecule has 0 bridgehead atoms. The minimum Gasteiger partial charge on any atom is -0.463 e. The lowest BCUT2D eigenvalue weighted by Gasteiger charge is -2.21. The summed E-state index contributed by atoms with van der Waals surface area (Å²) in [6.07, 6.45) is 0. The lowest BCUT2D eigenvalue weighted by Crippen LogP contribution is -2.38. The van der Waals surface area contributed by atoms with Crippen molar-refractivity contribution in [3.05, 3.63) is 58.4 Å². The predicted molar refractivity (Wildman–Crippen MR) is 91.9 cm³/mol. The first-order valence-corrected chi connectivity index (χ1v) is 8.26. The highest BCUT2D eigenvalue weighted by Gasteiger charge is 2.28. The van der Waals surface area contributed by atoms with Gasteiger partial charge in [0.1, 0.15) is 17.1 Å². The van der Waals surface area contributed by atoms with Crippen molar-refractivity contribution in [2.45, 2.75) is 26.4 Å². The quantitative estimate of drug-likeness (QED) is 0.766. The summed E-state index contributed by atoms with van der Waals surface area (Å²) in [4.78, 5) is 13.2. The summed E-state index contributed by atoms with van der Waals surface area (Å²) in [5.41, 5.74) is -0.272. The Morgan fingerprint density at radius 1 is 1.26 bits per heavy atom. The minimum atomic E-state index is -1.24. The van der Waals surface area contributed by atoms with Crippen molar-refractivity contribution in [3.8, 4) is 0 Å². The van der Waals surface area contributed by atoms with E-state index in [1.54, 1.807) is 19.1 Å². The van der Waals surface area contributed by atoms with Crippen molar-refractivity contribution in [2.24, 2.45) is 0 Å². The van der Waals surface area contributed by atoms with Crippen LogP contribution in [0.1, 0.15) is 33.7 Å². The molecule has 23 heavy (non-hydrogen) atoms. The van der Waals surface area contributed by atoms with Crippen LogP contribution in [-0.2, 0) is 5.60 Å². The fraction of sp³-hybridized carbons (Fsp3) is 0.278. The summed E-state index contributed by atoms with van der Waals surface area (Å²) in [6, 6.07) is 11.5. The van der Waals surface area contributed by atoms with E-state index in [0.717, 1.165) is 21.4 Å². The number of aryl methyl sites for hydroxylation is 2. The van der Waals surface area contributed by atoms with Gasteiger partial charge in [0.15, 0.2) is 0 Å². The lowest BCUT2D eigenvalue weighted by atomic mass is 10.0. The Hall–Kier alpha value is -2.11. The summed E-state index contributed by atoms with van der Waals surface area (Å²) in [6.45, 7) is 5.48.